The predicted octanol–water partition coefficient (Wildman–Crippen LogP) is 4.02. The molecule has 0 aliphatic rings. The number of nitrogens with zero attached hydrogens (tertiary/aromatic N) is 1. The normalized spacial score (nSPS) is 11.0. The summed E-state index contributed by atoms with van der Waals surface area (Å²) in [5.74, 6) is -1.22. The molecule has 0 amide bonds. The third kappa shape index (κ3) is 2.75. The van der Waals surface area contributed by atoms with Crippen molar-refractivity contribution in [3.8, 4) is 0 Å². The van der Waals surface area contributed by atoms with Crippen LogP contribution in [0.5, 0.6) is 0 Å². The van der Waals surface area contributed by atoms with Crippen LogP contribution in [0.3, 0.4) is 0 Å². The monoisotopic (exact) mass is 231 g/mol. The highest BCUT2D eigenvalue weighted by molar-refractivity contribution is 5.82. The Balaban J connectivity index is 2.29. The summed E-state index contributed by atoms with van der Waals surface area (Å²) in [7, 11) is 0. The molecule has 2 aromatic carbocycles. The Bertz CT molecular complexity index is 524. The van der Waals surface area contributed by atoms with Crippen LogP contribution in [0.4, 0.5) is 14.5 Å². The highest BCUT2D eigenvalue weighted by Gasteiger charge is 2.04. The summed E-state index contributed by atoms with van der Waals surface area (Å²) in [6.45, 7) is 1.96. The van der Waals surface area contributed by atoms with Crippen LogP contribution < -0.4 is 0 Å². The summed E-state index contributed by atoms with van der Waals surface area (Å²) in [5, 5.41) is 0. The second-order valence-corrected chi connectivity index (χ2v) is 3.73. The molecule has 1 nitrogen and oxygen atoms in total. The van der Waals surface area contributed by atoms with Gasteiger partial charge in [0.25, 0.3) is 0 Å². The molecule has 17 heavy (non-hydrogen) atoms. The second-order valence-electron chi connectivity index (χ2n) is 3.73. The van der Waals surface area contributed by atoms with Crippen LogP contribution in [0, 0.1) is 18.6 Å². The predicted molar refractivity (Wildman–Crippen MR) is 64.8 cm³/mol. The van der Waals surface area contributed by atoms with Gasteiger partial charge in [0.15, 0.2) is 0 Å². The fourth-order valence-electron chi connectivity index (χ4n) is 1.40. The van der Waals surface area contributed by atoms with Gasteiger partial charge in [0.1, 0.15) is 11.6 Å². The highest BCUT2D eigenvalue weighted by Crippen LogP contribution is 2.14. The Morgan fingerprint density at radius 3 is 2.12 bits per heavy atom. The zero-order valence-electron chi connectivity index (χ0n) is 9.32. The van der Waals surface area contributed by atoms with Crippen molar-refractivity contribution in [1.82, 2.24) is 0 Å². The molecule has 0 aliphatic heterocycles. The molecule has 0 bridgehead atoms. The molecule has 2 aromatic rings. The van der Waals surface area contributed by atoms with Crippen molar-refractivity contribution in [2.75, 3.05) is 0 Å². The Kier molecular flexibility index (Phi) is 3.28. The summed E-state index contributed by atoms with van der Waals surface area (Å²) >= 11 is 0. The van der Waals surface area contributed by atoms with Gasteiger partial charge in [-0.1, -0.05) is 23.8 Å². The lowest BCUT2D eigenvalue weighted by molar-refractivity contribution is 0.580. The van der Waals surface area contributed by atoms with Gasteiger partial charge >= 0.3 is 0 Å². The van der Waals surface area contributed by atoms with Gasteiger partial charge in [0.05, 0.1) is 11.3 Å². The minimum Gasteiger partial charge on any atom is -0.256 e. The van der Waals surface area contributed by atoms with Crippen LogP contribution in [0.1, 0.15) is 11.1 Å². The summed E-state index contributed by atoms with van der Waals surface area (Å²) < 4.78 is 26.6. The first-order valence-electron chi connectivity index (χ1n) is 5.21. The molecule has 0 saturated heterocycles. The molecule has 2 rings (SSSR count). The average Bonchev–Trinajstić information content (AvgIpc) is 2.31. The molecule has 0 saturated carbocycles. The van der Waals surface area contributed by atoms with Gasteiger partial charge in [-0.25, -0.2) is 8.78 Å². The van der Waals surface area contributed by atoms with Crippen molar-refractivity contribution in [3.63, 3.8) is 0 Å². The van der Waals surface area contributed by atoms with E-state index in [0.29, 0.717) is 5.69 Å². The summed E-state index contributed by atoms with van der Waals surface area (Å²) in [5.41, 5.74) is 1.66. The number of benzene rings is 2. The molecular weight excluding hydrogens is 220 g/mol. The van der Waals surface area contributed by atoms with Crippen LogP contribution in [0.25, 0.3) is 0 Å². The Morgan fingerprint density at radius 1 is 0.941 bits per heavy atom. The fraction of sp³-hybridized carbons (Fsp3) is 0.0714. The van der Waals surface area contributed by atoms with Gasteiger partial charge in [0.2, 0.25) is 0 Å². The maximum Gasteiger partial charge on any atom is 0.134 e. The van der Waals surface area contributed by atoms with E-state index in [0.717, 1.165) is 5.56 Å². The molecule has 0 fully saturated rings. The van der Waals surface area contributed by atoms with Gasteiger partial charge in [-0.3, -0.25) is 4.99 Å². The molecule has 86 valence electrons. The van der Waals surface area contributed by atoms with E-state index in [1.165, 1.54) is 24.4 Å². The zero-order valence-corrected chi connectivity index (χ0v) is 9.32. The maximum absolute atomic E-state index is 13.3. The zero-order chi connectivity index (χ0) is 12.3. The molecule has 3 heteroatoms. The van der Waals surface area contributed by atoms with Crippen LogP contribution in [-0.4, -0.2) is 6.21 Å². The van der Waals surface area contributed by atoms with E-state index in [4.69, 9.17) is 0 Å². The number of halogens is 2. The maximum atomic E-state index is 13.3. The first kappa shape index (κ1) is 11.5. The van der Waals surface area contributed by atoms with Gasteiger partial charge in [-0.05, 0) is 31.2 Å². The number of rotatable bonds is 2. The van der Waals surface area contributed by atoms with Crippen molar-refractivity contribution in [3.05, 3.63) is 65.2 Å². The lowest BCUT2D eigenvalue weighted by Crippen LogP contribution is -1.92. The van der Waals surface area contributed by atoms with Crippen LogP contribution in [0.2, 0.25) is 0 Å². The molecule has 0 radical (unpaired) electrons. The summed E-state index contributed by atoms with van der Waals surface area (Å²) in [6.07, 6.45) is 1.20. The third-order valence-electron chi connectivity index (χ3n) is 2.38. The summed E-state index contributed by atoms with van der Waals surface area (Å²) in [4.78, 5) is 4.03. The van der Waals surface area contributed by atoms with Crippen LogP contribution in [-0.2, 0) is 0 Å². The molecule has 0 N–H and O–H groups in total. The molecule has 0 spiro atoms. The lowest BCUT2D eigenvalue weighted by Gasteiger charge is -1.98. The van der Waals surface area contributed by atoms with Gasteiger partial charge in [0, 0.05) is 6.21 Å². The van der Waals surface area contributed by atoms with Crippen molar-refractivity contribution in [2.45, 2.75) is 6.92 Å². The number of hydrogen-bond acceptors (Lipinski definition) is 1. The minimum absolute atomic E-state index is 0.118. The molecular formula is C14H11F2N. The Labute approximate surface area is 98.4 Å². The van der Waals surface area contributed by atoms with Gasteiger partial charge < -0.3 is 0 Å². The first-order valence-corrected chi connectivity index (χ1v) is 5.21. The average molecular weight is 231 g/mol. The van der Waals surface area contributed by atoms with Gasteiger partial charge in [-0.15, -0.1) is 0 Å². The number of hydrogen-bond donors (Lipinski definition) is 0. The molecule has 0 unspecified atom stereocenters. The molecule has 0 heterocycles. The first-order chi connectivity index (χ1) is 8.16. The Morgan fingerprint density at radius 2 is 1.53 bits per heavy atom. The molecule has 0 aliphatic carbocycles. The van der Waals surface area contributed by atoms with E-state index < -0.39 is 11.6 Å². The van der Waals surface area contributed by atoms with E-state index in [9.17, 15) is 8.78 Å². The minimum atomic E-state index is -0.610. The molecule has 0 aromatic heterocycles. The van der Waals surface area contributed by atoms with Crippen LogP contribution in [0.15, 0.2) is 47.5 Å². The smallest absolute Gasteiger partial charge is 0.134 e. The largest absolute Gasteiger partial charge is 0.256 e. The SMILES string of the molecule is Cc1ccc(N=Cc2c(F)cccc2F)cc1. The van der Waals surface area contributed by atoms with Crippen molar-refractivity contribution >= 4 is 11.9 Å². The number of aliphatic imine (C=N–C) groups is 1. The fourth-order valence-corrected chi connectivity index (χ4v) is 1.40. The van der Waals surface area contributed by atoms with E-state index in [2.05, 4.69) is 4.99 Å². The van der Waals surface area contributed by atoms with Crippen molar-refractivity contribution < 1.29 is 8.78 Å². The number of aryl methyl sites for hydroxylation is 1. The van der Waals surface area contributed by atoms with E-state index >= 15 is 0 Å². The topological polar surface area (TPSA) is 12.4 Å². The van der Waals surface area contributed by atoms with Crippen molar-refractivity contribution in [1.29, 1.82) is 0 Å². The van der Waals surface area contributed by atoms with Gasteiger partial charge in [-0.2, -0.15) is 0 Å². The summed E-state index contributed by atoms with van der Waals surface area (Å²) in [6, 6.07) is 11.1. The van der Waals surface area contributed by atoms with E-state index in [-0.39, 0.29) is 5.56 Å². The Hall–Kier alpha value is -2.03. The van der Waals surface area contributed by atoms with E-state index in [1.807, 2.05) is 19.1 Å². The second kappa shape index (κ2) is 4.87. The standard InChI is InChI=1S/C14H11F2N/c1-10-5-7-11(8-6-10)17-9-12-13(15)3-2-4-14(12)16/h2-9H,1H3. The quantitative estimate of drug-likeness (QED) is 0.692. The van der Waals surface area contributed by atoms with E-state index in [1.54, 1.807) is 12.1 Å². The molecule has 0 atom stereocenters. The van der Waals surface area contributed by atoms with Crippen molar-refractivity contribution in [2.24, 2.45) is 4.99 Å². The third-order valence-corrected chi connectivity index (χ3v) is 2.38. The highest BCUT2D eigenvalue weighted by atomic mass is 19.1. The van der Waals surface area contributed by atoms with Crippen LogP contribution >= 0.6 is 0 Å². The lowest BCUT2D eigenvalue weighted by atomic mass is 10.2.